The molecule has 17 N–H and O–H groups in total. The zero-order valence-electron chi connectivity index (χ0n) is 61.3. The second-order valence-corrected chi connectivity index (χ2v) is 28.6. The monoisotopic (exact) mass is 1470 g/mol. The van der Waals surface area contributed by atoms with Gasteiger partial charge in [-0.15, -0.1) is 0 Å². The van der Waals surface area contributed by atoms with Crippen molar-refractivity contribution in [1.29, 1.82) is 0 Å². The highest BCUT2D eigenvalue weighted by atomic mass is 16.8. The summed E-state index contributed by atoms with van der Waals surface area (Å²) in [6.07, 6.45) is 3.75. The van der Waals surface area contributed by atoms with Crippen LogP contribution in [0, 0.1) is 0 Å². The lowest BCUT2D eigenvalue weighted by Crippen LogP contribution is -2.72. The van der Waals surface area contributed by atoms with Crippen molar-refractivity contribution in [2.45, 2.75) is 393 Å². The van der Waals surface area contributed by atoms with Crippen LogP contribution in [0.2, 0.25) is 0 Å². The molecule has 0 saturated carbocycles. The van der Waals surface area contributed by atoms with Crippen LogP contribution >= 0.6 is 0 Å². The van der Waals surface area contributed by atoms with Gasteiger partial charge in [-0.1, -0.05) is 219 Å². The van der Waals surface area contributed by atoms with Gasteiger partial charge in [0.2, 0.25) is 17.7 Å². The number of carbonyl (C=O) groups excluding carboxylic acids is 3. The molecule has 102 heavy (non-hydrogen) atoms. The average molecular weight is 1470 g/mol. The fourth-order valence-electron chi connectivity index (χ4n) is 13.9. The fourth-order valence-corrected chi connectivity index (χ4v) is 13.9. The Labute approximate surface area is 604 Å². The molecule has 8 unspecified atom stereocenters. The maximum atomic E-state index is 13.6. The lowest BCUT2D eigenvalue weighted by atomic mass is 9.88. The van der Waals surface area contributed by atoms with Gasteiger partial charge in [-0.2, -0.15) is 0 Å². The van der Waals surface area contributed by atoms with Crippen molar-refractivity contribution in [1.82, 2.24) is 16.0 Å². The molecule has 4 saturated heterocycles. The van der Waals surface area contributed by atoms with E-state index in [2.05, 4.69) is 29.8 Å². The highest BCUT2D eigenvalue weighted by molar-refractivity contribution is 5.77. The molecule has 0 bridgehead atoms. The van der Waals surface area contributed by atoms with E-state index in [1.807, 2.05) is 6.08 Å². The maximum Gasteiger partial charge on any atom is 0.364 e. The number of hydrogen-bond donors (Lipinski definition) is 17. The van der Waals surface area contributed by atoms with Gasteiger partial charge in [0.05, 0.1) is 57.3 Å². The van der Waals surface area contributed by atoms with Crippen molar-refractivity contribution >= 4 is 23.7 Å². The number of carboxylic acid groups (broad SMARTS) is 1. The Hall–Kier alpha value is -3.22. The second-order valence-electron chi connectivity index (χ2n) is 28.6. The van der Waals surface area contributed by atoms with E-state index in [1.165, 1.54) is 148 Å². The van der Waals surface area contributed by atoms with Gasteiger partial charge in [0.15, 0.2) is 18.9 Å². The summed E-state index contributed by atoms with van der Waals surface area (Å²) in [5, 5.41) is 163. The van der Waals surface area contributed by atoms with E-state index in [0.29, 0.717) is 12.8 Å². The highest BCUT2D eigenvalue weighted by Gasteiger charge is 2.62. The van der Waals surface area contributed by atoms with E-state index in [9.17, 15) is 90.7 Å². The lowest BCUT2D eigenvalue weighted by Gasteiger charge is -2.52. The Kier molecular flexibility index (Phi) is 45.7. The summed E-state index contributed by atoms with van der Waals surface area (Å²) in [5.41, 5.74) is 0. The molecule has 29 nitrogen and oxygen atoms in total. The number of amides is 3. The van der Waals surface area contributed by atoms with Gasteiger partial charge in [-0.3, -0.25) is 14.4 Å². The van der Waals surface area contributed by atoms with E-state index in [4.69, 9.17) is 37.9 Å². The van der Waals surface area contributed by atoms with Crippen LogP contribution in [0.5, 0.6) is 0 Å². The third-order valence-electron chi connectivity index (χ3n) is 20.0. The molecule has 4 heterocycles. The summed E-state index contributed by atoms with van der Waals surface area (Å²) in [6.45, 7) is 1.76. The zero-order chi connectivity index (χ0) is 75.0. The Morgan fingerprint density at radius 2 is 0.951 bits per heavy atom. The van der Waals surface area contributed by atoms with E-state index in [1.54, 1.807) is 6.08 Å². The number of nitrogens with one attached hydrogen (secondary N) is 3. The largest absolute Gasteiger partial charge is 0.477 e. The molecule has 0 aromatic carbocycles. The van der Waals surface area contributed by atoms with Crippen molar-refractivity contribution in [2.75, 3.05) is 33.0 Å². The summed E-state index contributed by atoms with van der Waals surface area (Å²) >= 11 is 0. The quantitative estimate of drug-likeness (QED) is 0.0306. The van der Waals surface area contributed by atoms with Crippen molar-refractivity contribution in [2.24, 2.45) is 0 Å². The van der Waals surface area contributed by atoms with E-state index in [0.717, 1.165) is 65.2 Å². The molecule has 29 heteroatoms. The molecule has 0 aromatic rings. The molecule has 596 valence electrons. The van der Waals surface area contributed by atoms with E-state index < -0.39 is 198 Å². The molecule has 0 aromatic heterocycles. The minimum atomic E-state index is -3.28. The van der Waals surface area contributed by atoms with Crippen LogP contribution in [0.15, 0.2) is 12.2 Å². The topological polar surface area (TPSA) is 461 Å². The van der Waals surface area contributed by atoms with Crippen LogP contribution in [-0.4, -0.2) is 269 Å². The first-order chi connectivity index (χ1) is 49.0. The number of aliphatic carboxylic acids is 1. The van der Waals surface area contributed by atoms with Gasteiger partial charge in [0, 0.05) is 26.7 Å². The summed E-state index contributed by atoms with van der Waals surface area (Å²) in [5.74, 6) is -7.36. The van der Waals surface area contributed by atoms with Crippen molar-refractivity contribution in [3.63, 3.8) is 0 Å². The SMILES string of the molecule is CCCCCCCCCCCCC/C=C/[C@@H](O)[C@H](CO[C@@H]1OC(CO)[C@@H](O[C@@H]2OC(CO)[C@H](O[C@@H]3OC(CO)[C@H](O)[C@H](O)C3NC(C)=O)[C@H](O[C@]3(C(=O)O)CC(O)[C@@H](NC(C)=O)C([C@H](O)[C@H](O)CO)O3)C2O)[C@H](O)C1O)NC(=O)CCCCCCCCCCCCCCCCCCCCCCC. The number of ether oxygens (including phenoxy) is 8. The van der Waals surface area contributed by atoms with Crippen LogP contribution in [-0.2, 0) is 57.1 Å². The molecule has 4 fully saturated rings. The second kappa shape index (κ2) is 51.2. The predicted octanol–water partition coefficient (Wildman–Crippen LogP) is 3.47. The number of carboxylic acids is 1. The van der Waals surface area contributed by atoms with Gasteiger partial charge in [-0.25, -0.2) is 4.79 Å². The first kappa shape index (κ1) is 91.2. The number of allylic oxidation sites excluding steroid dienone is 1. The molecule has 0 radical (unpaired) electrons. The van der Waals surface area contributed by atoms with Crippen molar-refractivity contribution < 1.29 is 129 Å². The molecule has 0 aliphatic carbocycles. The number of carbonyl (C=O) groups is 4. The summed E-state index contributed by atoms with van der Waals surface area (Å²) in [7, 11) is 0. The third-order valence-corrected chi connectivity index (χ3v) is 20.0. The van der Waals surface area contributed by atoms with Crippen LogP contribution in [0.25, 0.3) is 0 Å². The molecular weight excluding hydrogens is 1330 g/mol. The normalized spacial score (nSPS) is 31.1. The Bertz CT molecular complexity index is 2280. The molecule has 23 atom stereocenters. The number of unbranched alkanes of at least 4 members (excludes halogenated alkanes) is 31. The number of rotatable bonds is 55. The van der Waals surface area contributed by atoms with Crippen LogP contribution in [0.3, 0.4) is 0 Å². The fraction of sp³-hybridized carbons (Fsp3) is 0.918. The van der Waals surface area contributed by atoms with Gasteiger partial charge in [-0.05, 0) is 19.3 Å². The van der Waals surface area contributed by atoms with Crippen LogP contribution < -0.4 is 16.0 Å². The Balaban J connectivity index is 1.48. The maximum absolute atomic E-state index is 13.6. The number of aliphatic hydroxyl groups excluding tert-OH is 13. The highest BCUT2D eigenvalue weighted by Crippen LogP contribution is 2.40. The molecular formula is C73H133N3O26. The summed E-state index contributed by atoms with van der Waals surface area (Å²) in [6, 6.07) is -4.52. The Morgan fingerprint density at radius 1 is 0.510 bits per heavy atom. The zero-order valence-corrected chi connectivity index (χ0v) is 61.3. The van der Waals surface area contributed by atoms with Gasteiger partial charge >= 0.3 is 5.97 Å². The Morgan fingerprint density at radius 3 is 1.42 bits per heavy atom. The van der Waals surface area contributed by atoms with E-state index >= 15 is 0 Å². The molecule has 3 amide bonds. The first-order valence-electron chi connectivity index (χ1n) is 38.6. The molecule has 4 rings (SSSR count). The predicted molar refractivity (Wildman–Crippen MR) is 373 cm³/mol. The minimum Gasteiger partial charge on any atom is -0.477 e. The molecule has 4 aliphatic heterocycles. The number of hydrogen-bond acceptors (Lipinski definition) is 25. The van der Waals surface area contributed by atoms with Crippen LogP contribution in [0.4, 0.5) is 0 Å². The minimum absolute atomic E-state index is 0.162. The van der Waals surface area contributed by atoms with Gasteiger partial charge in [0.1, 0.15) is 91.5 Å². The van der Waals surface area contributed by atoms with Crippen LogP contribution in [0.1, 0.15) is 252 Å². The standard InChI is InChI=1S/C73H133N3O26/c1-5-7-9-11-13-15-17-19-20-21-22-23-24-25-26-28-30-32-34-36-38-40-56(86)76-49(50(83)39-37-35-33-31-29-27-18-16-14-12-10-8-6-2)46-95-70-63(91)62(90)65(54(44-79)97-70)99-71-64(92)68(66(55(45-80)98-71)100-69-58(75-48(4)82)61(89)60(88)53(43-78)96-69)102-73(72(93)94)41-51(84)57(74-47(3)81)67(101-73)59(87)52(85)42-77/h37,39,49-55,57-71,77-80,83-85,87-92H,5-36,38,40-46H2,1-4H3,(H,74,81)(H,75,82)(H,76,86)(H,93,94)/b39-37+/t49-,50+,51?,52+,53?,54?,55?,57+,58?,59+,60-,61+,62+,63?,64?,65+,66-,67?,68+,69-,70+,71-,73-/m0/s1. The summed E-state index contributed by atoms with van der Waals surface area (Å²) < 4.78 is 48.0. The average Bonchev–Trinajstić information content (AvgIpc) is 0.748. The van der Waals surface area contributed by atoms with Gasteiger partial charge in [0.25, 0.3) is 5.79 Å². The van der Waals surface area contributed by atoms with E-state index in [-0.39, 0.29) is 12.3 Å². The molecule has 0 spiro atoms. The van der Waals surface area contributed by atoms with Crippen molar-refractivity contribution in [3.05, 3.63) is 12.2 Å². The summed E-state index contributed by atoms with van der Waals surface area (Å²) in [4.78, 5) is 52.0. The molecule has 4 aliphatic rings. The lowest BCUT2D eigenvalue weighted by molar-refractivity contribution is -0.401. The number of aliphatic hydroxyl groups is 13. The van der Waals surface area contributed by atoms with Gasteiger partial charge < -0.3 is 125 Å². The van der Waals surface area contributed by atoms with Crippen molar-refractivity contribution in [3.8, 4) is 0 Å². The third kappa shape index (κ3) is 31.2. The first-order valence-corrected chi connectivity index (χ1v) is 38.6. The smallest absolute Gasteiger partial charge is 0.364 e.